The van der Waals surface area contributed by atoms with Crippen molar-refractivity contribution >= 4 is 31.9 Å². The first-order chi connectivity index (χ1) is 7.04. The lowest BCUT2D eigenvalue weighted by molar-refractivity contribution is 0.706. The highest BCUT2D eigenvalue weighted by Gasteiger charge is 2.10. The lowest BCUT2D eigenvalue weighted by Crippen LogP contribution is -2.14. The fourth-order valence-corrected chi connectivity index (χ4v) is 2.29. The van der Waals surface area contributed by atoms with Crippen LogP contribution in [0.25, 0.3) is 0 Å². The van der Waals surface area contributed by atoms with Crippen molar-refractivity contribution in [3.8, 4) is 0 Å². The van der Waals surface area contributed by atoms with Gasteiger partial charge < -0.3 is 5.32 Å². The molecular formula is C12H15Br2N. The SMILES string of the molecule is CNC(C=C(C)C)c1cc(Br)ccc1Br. The number of likely N-dealkylation sites (N-methyl/N-ethyl adjacent to an activating group) is 1. The van der Waals surface area contributed by atoms with E-state index in [0.29, 0.717) is 0 Å². The summed E-state index contributed by atoms with van der Waals surface area (Å²) in [6.07, 6.45) is 2.21. The molecule has 15 heavy (non-hydrogen) atoms. The highest BCUT2D eigenvalue weighted by molar-refractivity contribution is 9.11. The van der Waals surface area contributed by atoms with Crippen LogP contribution in [0.2, 0.25) is 0 Å². The minimum absolute atomic E-state index is 0.252. The third-order valence-electron chi connectivity index (χ3n) is 2.10. The van der Waals surface area contributed by atoms with E-state index in [-0.39, 0.29) is 6.04 Å². The van der Waals surface area contributed by atoms with Crippen molar-refractivity contribution in [3.63, 3.8) is 0 Å². The van der Waals surface area contributed by atoms with Crippen LogP contribution in [0.15, 0.2) is 38.8 Å². The second-order valence-corrected chi connectivity index (χ2v) is 5.45. The van der Waals surface area contributed by atoms with Crippen LogP contribution in [0.3, 0.4) is 0 Å². The molecule has 0 amide bonds. The molecule has 0 aromatic heterocycles. The molecule has 1 aromatic carbocycles. The number of hydrogen-bond donors (Lipinski definition) is 1. The summed E-state index contributed by atoms with van der Waals surface area (Å²) in [6.45, 7) is 4.21. The Balaban J connectivity index is 3.11. The van der Waals surface area contributed by atoms with E-state index in [0.717, 1.165) is 8.95 Å². The van der Waals surface area contributed by atoms with Crippen LogP contribution in [-0.2, 0) is 0 Å². The maximum atomic E-state index is 3.57. The van der Waals surface area contributed by atoms with Crippen LogP contribution in [0.1, 0.15) is 25.5 Å². The van der Waals surface area contributed by atoms with Crippen molar-refractivity contribution in [2.45, 2.75) is 19.9 Å². The van der Waals surface area contributed by atoms with Gasteiger partial charge in [0.2, 0.25) is 0 Å². The zero-order valence-corrected chi connectivity index (χ0v) is 12.3. The highest BCUT2D eigenvalue weighted by Crippen LogP contribution is 2.28. The number of halogens is 2. The van der Waals surface area contributed by atoms with Gasteiger partial charge in [-0.2, -0.15) is 0 Å². The summed E-state index contributed by atoms with van der Waals surface area (Å²) >= 11 is 7.06. The Labute approximate surface area is 108 Å². The van der Waals surface area contributed by atoms with Crippen molar-refractivity contribution in [1.29, 1.82) is 0 Å². The fourth-order valence-electron chi connectivity index (χ4n) is 1.41. The van der Waals surface area contributed by atoms with E-state index < -0.39 is 0 Å². The largest absolute Gasteiger partial charge is 0.310 e. The molecule has 0 bridgehead atoms. The quantitative estimate of drug-likeness (QED) is 0.807. The second kappa shape index (κ2) is 5.83. The number of rotatable bonds is 3. The van der Waals surface area contributed by atoms with Crippen LogP contribution < -0.4 is 5.32 Å². The number of allylic oxidation sites excluding steroid dienone is 1. The van der Waals surface area contributed by atoms with E-state index in [1.807, 2.05) is 13.1 Å². The second-order valence-electron chi connectivity index (χ2n) is 3.68. The summed E-state index contributed by atoms with van der Waals surface area (Å²) in [5, 5.41) is 3.29. The molecule has 0 saturated heterocycles. The minimum atomic E-state index is 0.252. The molecule has 1 unspecified atom stereocenters. The Morgan fingerprint density at radius 1 is 1.33 bits per heavy atom. The molecule has 0 heterocycles. The lowest BCUT2D eigenvalue weighted by Gasteiger charge is -2.15. The maximum Gasteiger partial charge on any atom is 0.0517 e. The Kier molecular flexibility index (Phi) is 5.03. The molecule has 3 heteroatoms. The molecule has 0 aliphatic rings. The maximum absolute atomic E-state index is 3.57. The molecule has 1 aromatic rings. The Bertz CT molecular complexity index is 368. The lowest BCUT2D eigenvalue weighted by atomic mass is 10.1. The molecule has 1 nitrogen and oxygen atoms in total. The van der Waals surface area contributed by atoms with Gasteiger partial charge in [0, 0.05) is 8.95 Å². The first-order valence-corrected chi connectivity index (χ1v) is 6.40. The van der Waals surface area contributed by atoms with Crippen molar-refractivity contribution in [3.05, 3.63) is 44.4 Å². The summed E-state index contributed by atoms with van der Waals surface area (Å²) < 4.78 is 2.23. The first-order valence-electron chi connectivity index (χ1n) is 4.82. The van der Waals surface area contributed by atoms with Gasteiger partial charge >= 0.3 is 0 Å². The van der Waals surface area contributed by atoms with Gasteiger partial charge in [-0.1, -0.05) is 43.5 Å². The summed E-state index contributed by atoms with van der Waals surface area (Å²) in [4.78, 5) is 0. The average molecular weight is 333 g/mol. The standard InChI is InChI=1S/C12H15Br2N/c1-8(2)6-12(15-3)10-7-9(13)4-5-11(10)14/h4-7,12,15H,1-3H3. The van der Waals surface area contributed by atoms with Gasteiger partial charge in [-0.3, -0.25) is 0 Å². The Hall–Kier alpha value is -0.120. The van der Waals surface area contributed by atoms with Gasteiger partial charge in [0.15, 0.2) is 0 Å². The molecule has 0 radical (unpaired) electrons. The smallest absolute Gasteiger partial charge is 0.0517 e. The van der Waals surface area contributed by atoms with Crippen LogP contribution in [0, 0.1) is 0 Å². The molecule has 0 saturated carbocycles. The monoisotopic (exact) mass is 331 g/mol. The van der Waals surface area contributed by atoms with E-state index in [9.17, 15) is 0 Å². The van der Waals surface area contributed by atoms with Gasteiger partial charge in [-0.25, -0.2) is 0 Å². The van der Waals surface area contributed by atoms with E-state index in [2.05, 4.69) is 69.2 Å². The van der Waals surface area contributed by atoms with Crippen LogP contribution in [0.5, 0.6) is 0 Å². The predicted octanol–water partition coefficient (Wildman–Crippen LogP) is 4.44. The predicted molar refractivity (Wildman–Crippen MR) is 73.1 cm³/mol. The first kappa shape index (κ1) is 12.9. The van der Waals surface area contributed by atoms with Crippen LogP contribution >= 0.6 is 31.9 Å². The number of nitrogens with one attached hydrogen (secondary N) is 1. The number of hydrogen-bond acceptors (Lipinski definition) is 1. The zero-order valence-electron chi connectivity index (χ0n) is 9.14. The summed E-state index contributed by atoms with van der Waals surface area (Å²) in [6, 6.07) is 6.47. The number of benzene rings is 1. The third kappa shape index (κ3) is 3.74. The van der Waals surface area contributed by atoms with Crippen LogP contribution in [-0.4, -0.2) is 7.05 Å². The van der Waals surface area contributed by atoms with Gasteiger partial charge in [0.25, 0.3) is 0 Å². The molecule has 1 atom stereocenters. The molecule has 1 rings (SSSR count). The molecule has 82 valence electrons. The van der Waals surface area contributed by atoms with Gasteiger partial charge in [0.05, 0.1) is 6.04 Å². The minimum Gasteiger partial charge on any atom is -0.310 e. The Morgan fingerprint density at radius 2 is 2.00 bits per heavy atom. The summed E-state index contributed by atoms with van der Waals surface area (Å²) in [5.41, 5.74) is 2.55. The molecule has 0 aliphatic heterocycles. The Morgan fingerprint density at radius 3 is 2.53 bits per heavy atom. The van der Waals surface area contributed by atoms with Gasteiger partial charge in [0.1, 0.15) is 0 Å². The highest BCUT2D eigenvalue weighted by atomic mass is 79.9. The normalized spacial score (nSPS) is 12.3. The average Bonchev–Trinajstić information content (AvgIpc) is 2.18. The van der Waals surface area contributed by atoms with E-state index in [1.165, 1.54) is 11.1 Å². The third-order valence-corrected chi connectivity index (χ3v) is 3.32. The zero-order chi connectivity index (χ0) is 11.4. The topological polar surface area (TPSA) is 12.0 Å². The van der Waals surface area contributed by atoms with E-state index >= 15 is 0 Å². The molecule has 0 fully saturated rings. The molecule has 0 aliphatic carbocycles. The van der Waals surface area contributed by atoms with Crippen molar-refractivity contribution in [2.75, 3.05) is 7.05 Å². The summed E-state index contributed by atoms with van der Waals surface area (Å²) in [7, 11) is 1.97. The van der Waals surface area contributed by atoms with Crippen molar-refractivity contribution < 1.29 is 0 Å². The molecular weight excluding hydrogens is 318 g/mol. The molecule has 1 N–H and O–H groups in total. The van der Waals surface area contributed by atoms with E-state index in [1.54, 1.807) is 0 Å². The molecule has 0 spiro atoms. The van der Waals surface area contributed by atoms with Crippen LogP contribution in [0.4, 0.5) is 0 Å². The summed E-state index contributed by atoms with van der Waals surface area (Å²) in [5.74, 6) is 0. The van der Waals surface area contributed by atoms with Gasteiger partial charge in [-0.15, -0.1) is 0 Å². The van der Waals surface area contributed by atoms with Crippen molar-refractivity contribution in [1.82, 2.24) is 5.32 Å². The van der Waals surface area contributed by atoms with Gasteiger partial charge in [-0.05, 0) is 44.7 Å². The van der Waals surface area contributed by atoms with E-state index in [4.69, 9.17) is 0 Å². The fraction of sp³-hybridized carbons (Fsp3) is 0.333. The van der Waals surface area contributed by atoms with Crippen molar-refractivity contribution in [2.24, 2.45) is 0 Å².